The lowest BCUT2D eigenvalue weighted by atomic mass is 9.86. The van der Waals surface area contributed by atoms with Crippen molar-refractivity contribution < 1.29 is 24.2 Å². The minimum Gasteiger partial charge on any atom is -0.507 e. The third kappa shape index (κ3) is 5.67. The Bertz CT molecular complexity index is 1550. The van der Waals surface area contributed by atoms with E-state index >= 15 is 0 Å². The van der Waals surface area contributed by atoms with Gasteiger partial charge in [0.05, 0.1) is 6.10 Å². The van der Waals surface area contributed by atoms with Crippen molar-refractivity contribution in [2.24, 2.45) is 0 Å². The van der Waals surface area contributed by atoms with Crippen LogP contribution in [0, 0.1) is 0 Å². The van der Waals surface area contributed by atoms with Crippen molar-refractivity contribution >= 4 is 16.9 Å². The summed E-state index contributed by atoms with van der Waals surface area (Å²) in [6, 6.07) is 19.0. The van der Waals surface area contributed by atoms with Gasteiger partial charge >= 0.3 is 0 Å². The Morgan fingerprint density at radius 2 is 1.62 bits per heavy atom. The fraction of sp³-hybridized carbons (Fsp3) is 0.312. The molecule has 8 nitrogen and oxygen atoms in total. The van der Waals surface area contributed by atoms with Crippen LogP contribution in [-0.2, 0) is 4.79 Å². The Labute approximate surface area is 233 Å². The molecule has 4 aromatic rings. The number of piperazine rings is 1. The van der Waals surface area contributed by atoms with Gasteiger partial charge in [-0.25, -0.2) is 0 Å². The van der Waals surface area contributed by atoms with Crippen molar-refractivity contribution in [2.75, 3.05) is 33.2 Å². The summed E-state index contributed by atoms with van der Waals surface area (Å²) in [6.45, 7) is 6.66. The second-order valence-electron chi connectivity index (χ2n) is 10.5. The Morgan fingerprint density at radius 1 is 0.950 bits per heavy atom. The summed E-state index contributed by atoms with van der Waals surface area (Å²) in [5, 5.41) is 21.9. The Hall–Kier alpha value is -4.30. The Kier molecular flexibility index (Phi) is 7.80. The number of carbonyl (C=O) groups is 1. The quantitative estimate of drug-likeness (QED) is 0.340. The van der Waals surface area contributed by atoms with E-state index in [1.54, 1.807) is 0 Å². The van der Waals surface area contributed by atoms with E-state index in [1.165, 1.54) is 6.07 Å². The molecule has 208 valence electrons. The summed E-state index contributed by atoms with van der Waals surface area (Å²) >= 11 is 0. The first-order valence-corrected chi connectivity index (χ1v) is 13.5. The first-order chi connectivity index (χ1) is 19.2. The fourth-order valence-electron chi connectivity index (χ4n) is 5.20. The van der Waals surface area contributed by atoms with Gasteiger partial charge in [0.25, 0.3) is 0 Å². The maximum atomic E-state index is 13.6. The molecular formula is C32H34N2O6. The average molecular weight is 543 g/mol. The van der Waals surface area contributed by atoms with Crippen LogP contribution in [0.1, 0.15) is 37.3 Å². The van der Waals surface area contributed by atoms with Crippen molar-refractivity contribution in [2.45, 2.75) is 32.3 Å². The van der Waals surface area contributed by atoms with Gasteiger partial charge in [-0.3, -0.25) is 9.59 Å². The van der Waals surface area contributed by atoms with E-state index < -0.39 is 11.3 Å². The average Bonchev–Trinajstić information content (AvgIpc) is 2.93. The topological polar surface area (TPSA) is 103 Å². The molecule has 3 aromatic carbocycles. The van der Waals surface area contributed by atoms with Gasteiger partial charge in [0.15, 0.2) is 5.43 Å². The third-order valence-corrected chi connectivity index (χ3v) is 7.29. The molecule has 1 fully saturated rings. The number of ether oxygens (including phenoxy) is 1. The standard InChI is InChI=1S/C32H34N2O6/c1-20(2)39-23-11-9-21(10-12-23)24(17-29(38)34-15-13-33(3)14-16-34)30-25(35)18-26(36)31-27(37)19-28(40-32(30)31)22-7-5-4-6-8-22/h4-12,18-20,24,35-36H,13-17H2,1-3H3/t24-/m1/s1. The molecule has 0 radical (unpaired) electrons. The van der Waals surface area contributed by atoms with Gasteiger partial charge in [0.2, 0.25) is 5.91 Å². The predicted octanol–water partition coefficient (Wildman–Crippen LogP) is 4.95. The van der Waals surface area contributed by atoms with Crippen molar-refractivity contribution in [3.63, 3.8) is 0 Å². The van der Waals surface area contributed by atoms with Crippen LogP contribution in [0.5, 0.6) is 17.2 Å². The highest BCUT2D eigenvalue weighted by Gasteiger charge is 2.30. The summed E-state index contributed by atoms with van der Waals surface area (Å²) in [5.74, 6) is -0.374. The van der Waals surface area contributed by atoms with E-state index in [9.17, 15) is 19.8 Å². The molecule has 5 rings (SSSR count). The molecule has 0 aliphatic carbocycles. The van der Waals surface area contributed by atoms with Crippen LogP contribution in [0.25, 0.3) is 22.3 Å². The largest absolute Gasteiger partial charge is 0.507 e. The number of rotatable bonds is 7. The Balaban J connectivity index is 1.67. The maximum absolute atomic E-state index is 13.6. The van der Waals surface area contributed by atoms with Gasteiger partial charge in [-0.05, 0) is 38.6 Å². The van der Waals surface area contributed by atoms with E-state index in [4.69, 9.17) is 9.15 Å². The molecule has 0 bridgehead atoms. The SMILES string of the molecule is CC(C)Oc1ccc([C@@H](CC(=O)N2CCN(C)CC2)c2c(O)cc(O)c3c(=O)cc(-c4ccccc4)oc23)cc1. The van der Waals surface area contributed by atoms with E-state index in [0.717, 1.165) is 24.7 Å². The zero-order valence-electron chi connectivity index (χ0n) is 23.0. The molecule has 1 saturated heterocycles. The fourth-order valence-corrected chi connectivity index (χ4v) is 5.20. The van der Waals surface area contributed by atoms with Crippen LogP contribution >= 0.6 is 0 Å². The molecule has 1 atom stereocenters. The number of phenols is 2. The zero-order valence-corrected chi connectivity index (χ0v) is 23.0. The number of aromatic hydroxyl groups is 2. The molecule has 2 N–H and O–H groups in total. The van der Waals surface area contributed by atoms with Crippen LogP contribution in [0.15, 0.2) is 75.9 Å². The van der Waals surface area contributed by atoms with Gasteiger partial charge in [0.1, 0.15) is 34.0 Å². The van der Waals surface area contributed by atoms with Gasteiger partial charge in [0, 0.05) is 61.8 Å². The van der Waals surface area contributed by atoms with Crippen molar-refractivity contribution in [1.82, 2.24) is 9.80 Å². The zero-order chi connectivity index (χ0) is 28.4. The highest BCUT2D eigenvalue weighted by Crippen LogP contribution is 2.43. The van der Waals surface area contributed by atoms with E-state index in [1.807, 2.05) is 80.4 Å². The minimum atomic E-state index is -0.655. The first-order valence-electron chi connectivity index (χ1n) is 13.5. The first kappa shape index (κ1) is 27.3. The molecule has 1 aromatic heterocycles. The lowest BCUT2D eigenvalue weighted by Gasteiger charge is -2.33. The number of amides is 1. The summed E-state index contributed by atoms with van der Waals surface area (Å²) < 4.78 is 12.1. The van der Waals surface area contributed by atoms with Crippen LogP contribution in [0.2, 0.25) is 0 Å². The van der Waals surface area contributed by atoms with Gasteiger partial charge in [-0.15, -0.1) is 0 Å². The van der Waals surface area contributed by atoms with Crippen molar-refractivity contribution in [1.29, 1.82) is 0 Å². The molecule has 8 heteroatoms. The van der Waals surface area contributed by atoms with Crippen LogP contribution < -0.4 is 10.2 Å². The molecule has 40 heavy (non-hydrogen) atoms. The number of hydrogen-bond acceptors (Lipinski definition) is 7. The van der Waals surface area contributed by atoms with E-state index in [0.29, 0.717) is 30.2 Å². The summed E-state index contributed by atoms with van der Waals surface area (Å²) in [4.78, 5) is 30.9. The number of fused-ring (bicyclic) bond motifs is 1. The lowest BCUT2D eigenvalue weighted by molar-refractivity contribution is -0.133. The number of carbonyl (C=O) groups excluding carboxylic acids is 1. The van der Waals surface area contributed by atoms with E-state index in [-0.39, 0.29) is 46.5 Å². The number of nitrogens with zero attached hydrogens (tertiary/aromatic N) is 2. The third-order valence-electron chi connectivity index (χ3n) is 7.29. The van der Waals surface area contributed by atoms with Gasteiger partial charge in [-0.2, -0.15) is 0 Å². The summed E-state index contributed by atoms with van der Waals surface area (Å²) in [6.07, 6.45) is 0.0390. The molecular weight excluding hydrogens is 508 g/mol. The lowest BCUT2D eigenvalue weighted by Crippen LogP contribution is -2.47. The van der Waals surface area contributed by atoms with Gasteiger partial charge in [-0.1, -0.05) is 42.5 Å². The second-order valence-corrected chi connectivity index (χ2v) is 10.5. The maximum Gasteiger partial charge on any atom is 0.223 e. The molecule has 0 unspecified atom stereocenters. The number of phenolic OH excluding ortho intramolecular Hbond substituents is 2. The van der Waals surface area contributed by atoms with Gasteiger partial charge < -0.3 is 29.2 Å². The molecule has 2 heterocycles. The second kappa shape index (κ2) is 11.4. The van der Waals surface area contributed by atoms with Crippen molar-refractivity contribution in [3.05, 3.63) is 88.1 Å². The normalized spacial score (nSPS) is 14.9. The summed E-state index contributed by atoms with van der Waals surface area (Å²) in [5.41, 5.74) is 1.32. The molecule has 1 amide bonds. The van der Waals surface area contributed by atoms with Crippen LogP contribution in [-0.4, -0.2) is 65.3 Å². The van der Waals surface area contributed by atoms with E-state index in [2.05, 4.69) is 4.90 Å². The number of benzene rings is 3. The monoisotopic (exact) mass is 542 g/mol. The molecule has 1 aliphatic rings. The Morgan fingerprint density at radius 3 is 2.27 bits per heavy atom. The predicted molar refractivity (Wildman–Crippen MR) is 154 cm³/mol. The number of likely N-dealkylation sites (N-methyl/N-ethyl adjacent to an activating group) is 1. The van der Waals surface area contributed by atoms with Crippen molar-refractivity contribution in [3.8, 4) is 28.6 Å². The highest BCUT2D eigenvalue weighted by atomic mass is 16.5. The van der Waals surface area contributed by atoms with Crippen LogP contribution in [0.4, 0.5) is 0 Å². The molecule has 0 spiro atoms. The number of hydrogen-bond donors (Lipinski definition) is 2. The highest BCUT2D eigenvalue weighted by molar-refractivity contribution is 5.91. The summed E-state index contributed by atoms with van der Waals surface area (Å²) in [7, 11) is 2.03. The smallest absolute Gasteiger partial charge is 0.223 e. The van der Waals surface area contributed by atoms with Crippen LogP contribution in [0.3, 0.4) is 0 Å². The molecule has 0 saturated carbocycles. The minimum absolute atomic E-state index is 0.00349. The molecule has 1 aliphatic heterocycles.